The number of benzene rings is 3. The van der Waals surface area contributed by atoms with Crippen LogP contribution in [0.5, 0.6) is 5.75 Å². The van der Waals surface area contributed by atoms with E-state index in [0.29, 0.717) is 17.0 Å². The Morgan fingerprint density at radius 3 is 2.44 bits per heavy atom. The Bertz CT molecular complexity index is 1140. The number of primary amides is 1. The van der Waals surface area contributed by atoms with Gasteiger partial charge in [-0.05, 0) is 73.5 Å². The Hall–Kier alpha value is -3.71. The summed E-state index contributed by atoms with van der Waals surface area (Å²) in [4.78, 5) is 26.7. The maximum Gasteiger partial charge on any atom is 0.259 e. The Morgan fingerprint density at radius 1 is 0.971 bits per heavy atom. The molecule has 0 radical (unpaired) electrons. The summed E-state index contributed by atoms with van der Waals surface area (Å²) in [6.45, 7) is 2.62. The molecular weight excluding hydrogens is 433 g/mol. The second-order valence-corrected chi connectivity index (χ2v) is 8.52. The third-order valence-corrected chi connectivity index (χ3v) is 6.02. The lowest BCUT2D eigenvalue weighted by atomic mass is 9.96. The molecule has 176 valence electrons. The first-order valence-electron chi connectivity index (χ1n) is 11.4. The van der Waals surface area contributed by atoms with Crippen molar-refractivity contribution >= 4 is 17.5 Å². The average molecular weight is 462 g/mol. The summed E-state index contributed by atoms with van der Waals surface area (Å²) in [5.74, 6) is -0.369. The Morgan fingerprint density at radius 2 is 1.71 bits per heavy atom. The number of anilines is 1. The van der Waals surface area contributed by atoms with Crippen LogP contribution < -0.4 is 15.8 Å². The van der Waals surface area contributed by atoms with Crippen molar-refractivity contribution in [1.29, 1.82) is 0 Å². The SMILES string of the molecule is NC(=O)C1CCN(Cc2cccc(NC(=O)c3ccccc3OCc3ccc(F)cc3)c2)CC1. The number of likely N-dealkylation sites (tertiary alicyclic amines) is 1. The van der Waals surface area contributed by atoms with Crippen molar-refractivity contribution in [2.45, 2.75) is 26.0 Å². The van der Waals surface area contributed by atoms with Crippen LogP contribution in [0.1, 0.15) is 34.3 Å². The standard InChI is InChI=1S/C27H28FN3O3/c28-22-10-8-19(9-11-22)18-34-25-7-2-1-6-24(25)27(33)30-23-5-3-4-20(16-23)17-31-14-12-21(13-15-31)26(29)32/h1-11,16,21H,12-15,17-18H2,(H2,29,32)(H,30,33). The van der Waals surface area contributed by atoms with Gasteiger partial charge in [0, 0.05) is 18.2 Å². The van der Waals surface area contributed by atoms with Gasteiger partial charge in [-0.1, -0.05) is 36.4 Å². The van der Waals surface area contributed by atoms with E-state index in [1.54, 1.807) is 36.4 Å². The molecule has 3 aromatic carbocycles. The van der Waals surface area contributed by atoms with E-state index in [4.69, 9.17) is 10.5 Å². The second-order valence-electron chi connectivity index (χ2n) is 8.52. The molecule has 3 N–H and O–H groups in total. The van der Waals surface area contributed by atoms with Gasteiger partial charge in [-0.3, -0.25) is 14.5 Å². The van der Waals surface area contributed by atoms with Crippen LogP contribution in [0.3, 0.4) is 0 Å². The van der Waals surface area contributed by atoms with Gasteiger partial charge < -0.3 is 15.8 Å². The first-order valence-corrected chi connectivity index (χ1v) is 11.4. The van der Waals surface area contributed by atoms with Crippen LogP contribution in [0.4, 0.5) is 10.1 Å². The lowest BCUT2D eigenvalue weighted by Gasteiger charge is -2.30. The third-order valence-electron chi connectivity index (χ3n) is 6.02. The number of carbonyl (C=O) groups excluding carboxylic acids is 2. The van der Waals surface area contributed by atoms with Crippen molar-refractivity contribution in [3.63, 3.8) is 0 Å². The molecule has 34 heavy (non-hydrogen) atoms. The first-order chi connectivity index (χ1) is 16.5. The summed E-state index contributed by atoms with van der Waals surface area (Å²) in [6, 6.07) is 20.8. The van der Waals surface area contributed by atoms with Crippen molar-refractivity contribution in [2.24, 2.45) is 11.7 Å². The van der Waals surface area contributed by atoms with E-state index < -0.39 is 0 Å². The highest BCUT2D eigenvalue weighted by molar-refractivity contribution is 6.06. The normalized spacial score (nSPS) is 14.5. The number of nitrogens with two attached hydrogens (primary N) is 1. The Balaban J connectivity index is 1.37. The van der Waals surface area contributed by atoms with Crippen LogP contribution in [0.2, 0.25) is 0 Å². The second kappa shape index (κ2) is 10.9. The maximum atomic E-state index is 13.1. The van der Waals surface area contributed by atoms with Gasteiger partial charge in [-0.2, -0.15) is 0 Å². The molecule has 0 saturated carbocycles. The van der Waals surface area contributed by atoms with Crippen LogP contribution >= 0.6 is 0 Å². The third kappa shape index (κ3) is 6.20. The number of nitrogens with zero attached hydrogens (tertiary/aromatic N) is 1. The fraction of sp³-hybridized carbons (Fsp3) is 0.259. The molecule has 0 unspecified atom stereocenters. The average Bonchev–Trinajstić information content (AvgIpc) is 2.84. The maximum absolute atomic E-state index is 13.1. The topological polar surface area (TPSA) is 84.7 Å². The quantitative estimate of drug-likeness (QED) is 0.522. The minimum Gasteiger partial charge on any atom is -0.488 e. The predicted octanol–water partition coefficient (Wildman–Crippen LogP) is 4.35. The molecule has 0 aliphatic carbocycles. The van der Waals surface area contributed by atoms with Crippen molar-refractivity contribution in [1.82, 2.24) is 4.90 Å². The summed E-state index contributed by atoms with van der Waals surface area (Å²) < 4.78 is 19.0. The summed E-state index contributed by atoms with van der Waals surface area (Å²) in [7, 11) is 0. The van der Waals surface area contributed by atoms with Crippen molar-refractivity contribution in [3.05, 3.63) is 95.3 Å². The van der Waals surface area contributed by atoms with Gasteiger partial charge in [0.1, 0.15) is 18.2 Å². The number of rotatable bonds is 8. The largest absolute Gasteiger partial charge is 0.488 e. The highest BCUT2D eigenvalue weighted by atomic mass is 19.1. The molecule has 0 atom stereocenters. The first kappa shape index (κ1) is 23.4. The number of halogens is 1. The minimum atomic E-state index is -0.305. The van der Waals surface area contributed by atoms with Gasteiger partial charge in [0.2, 0.25) is 5.91 Å². The highest BCUT2D eigenvalue weighted by Crippen LogP contribution is 2.23. The van der Waals surface area contributed by atoms with E-state index in [1.165, 1.54) is 12.1 Å². The molecule has 1 aliphatic rings. The molecule has 4 rings (SSSR count). The molecule has 2 amide bonds. The number of piperidine rings is 1. The number of hydrogen-bond acceptors (Lipinski definition) is 4. The lowest BCUT2D eigenvalue weighted by Crippen LogP contribution is -2.38. The summed E-state index contributed by atoms with van der Waals surface area (Å²) in [5, 5.41) is 2.96. The number of amides is 2. The molecule has 0 aromatic heterocycles. The van der Waals surface area contributed by atoms with Crippen LogP contribution in [0.15, 0.2) is 72.8 Å². The lowest BCUT2D eigenvalue weighted by molar-refractivity contribution is -0.123. The molecule has 1 fully saturated rings. The molecule has 3 aromatic rings. The fourth-order valence-corrected chi connectivity index (χ4v) is 4.10. The molecule has 6 nitrogen and oxygen atoms in total. The number of para-hydroxylation sites is 1. The van der Waals surface area contributed by atoms with Crippen molar-refractivity contribution in [2.75, 3.05) is 18.4 Å². The van der Waals surface area contributed by atoms with E-state index in [1.807, 2.05) is 24.3 Å². The zero-order chi connectivity index (χ0) is 23.9. The predicted molar refractivity (Wildman–Crippen MR) is 129 cm³/mol. The number of ether oxygens (including phenoxy) is 1. The number of carbonyl (C=O) groups is 2. The van der Waals surface area contributed by atoms with Crippen molar-refractivity contribution < 1.29 is 18.7 Å². The molecule has 0 spiro atoms. The summed E-state index contributed by atoms with van der Waals surface area (Å²) >= 11 is 0. The smallest absolute Gasteiger partial charge is 0.259 e. The highest BCUT2D eigenvalue weighted by Gasteiger charge is 2.23. The molecule has 1 aliphatic heterocycles. The van der Waals surface area contributed by atoms with Crippen LogP contribution in [-0.4, -0.2) is 29.8 Å². The van der Waals surface area contributed by atoms with Gasteiger partial charge in [-0.15, -0.1) is 0 Å². The van der Waals surface area contributed by atoms with E-state index in [9.17, 15) is 14.0 Å². The minimum absolute atomic E-state index is 0.0350. The molecule has 1 heterocycles. The van der Waals surface area contributed by atoms with Gasteiger partial charge in [-0.25, -0.2) is 4.39 Å². The van der Waals surface area contributed by atoms with E-state index >= 15 is 0 Å². The van der Waals surface area contributed by atoms with Gasteiger partial charge >= 0.3 is 0 Å². The number of hydrogen-bond donors (Lipinski definition) is 2. The zero-order valence-electron chi connectivity index (χ0n) is 18.9. The molecular formula is C27H28FN3O3. The van der Waals surface area contributed by atoms with Crippen LogP contribution in [0.25, 0.3) is 0 Å². The summed E-state index contributed by atoms with van der Waals surface area (Å²) in [6.07, 6.45) is 1.56. The molecule has 1 saturated heterocycles. The zero-order valence-corrected chi connectivity index (χ0v) is 18.9. The fourth-order valence-electron chi connectivity index (χ4n) is 4.10. The van der Waals surface area contributed by atoms with Crippen LogP contribution in [-0.2, 0) is 17.9 Å². The summed E-state index contributed by atoms with van der Waals surface area (Å²) in [5.41, 5.74) is 8.43. The Kier molecular flexibility index (Phi) is 7.54. The number of nitrogens with one attached hydrogen (secondary N) is 1. The van der Waals surface area contributed by atoms with Crippen LogP contribution in [0, 0.1) is 11.7 Å². The Labute approximate surface area is 198 Å². The monoisotopic (exact) mass is 461 g/mol. The molecule has 7 heteroatoms. The van der Waals surface area contributed by atoms with Gasteiger partial charge in [0.25, 0.3) is 5.91 Å². The van der Waals surface area contributed by atoms with E-state index in [2.05, 4.69) is 10.2 Å². The molecule has 0 bridgehead atoms. The van der Waals surface area contributed by atoms with Gasteiger partial charge in [0.15, 0.2) is 0 Å². The van der Waals surface area contributed by atoms with Crippen molar-refractivity contribution in [3.8, 4) is 5.75 Å². The van der Waals surface area contributed by atoms with E-state index in [0.717, 1.165) is 43.6 Å². The van der Waals surface area contributed by atoms with Gasteiger partial charge in [0.05, 0.1) is 5.56 Å². The van der Waals surface area contributed by atoms with E-state index in [-0.39, 0.29) is 30.2 Å².